The van der Waals surface area contributed by atoms with Crippen molar-refractivity contribution in [1.82, 2.24) is 4.90 Å². The molecule has 0 spiro atoms. The average Bonchev–Trinajstić information content (AvgIpc) is 2.71. The molecule has 0 atom stereocenters. The lowest BCUT2D eigenvalue weighted by Gasteiger charge is -2.36. The molecule has 0 unspecified atom stereocenters. The summed E-state index contributed by atoms with van der Waals surface area (Å²) in [6.45, 7) is 1.86. The van der Waals surface area contributed by atoms with E-state index in [9.17, 15) is 14.0 Å². The van der Waals surface area contributed by atoms with Gasteiger partial charge in [0, 0.05) is 43.0 Å². The van der Waals surface area contributed by atoms with Crippen LogP contribution in [0.4, 0.5) is 10.1 Å². The zero-order valence-corrected chi connectivity index (χ0v) is 16.1. The highest BCUT2D eigenvalue weighted by Crippen LogP contribution is 2.21. The number of methoxy groups -OCH3 is 1. The Kier molecular flexibility index (Phi) is 6.36. The van der Waals surface area contributed by atoms with E-state index in [1.54, 1.807) is 4.90 Å². The van der Waals surface area contributed by atoms with E-state index >= 15 is 0 Å². The van der Waals surface area contributed by atoms with Crippen molar-refractivity contribution >= 4 is 29.2 Å². The summed E-state index contributed by atoms with van der Waals surface area (Å²) >= 11 is 6.02. The van der Waals surface area contributed by atoms with Crippen LogP contribution in [0, 0.1) is 5.82 Å². The maximum Gasteiger partial charge on any atom is 0.341 e. The highest BCUT2D eigenvalue weighted by molar-refractivity contribution is 6.30. The van der Waals surface area contributed by atoms with Crippen molar-refractivity contribution in [2.45, 2.75) is 0 Å². The van der Waals surface area contributed by atoms with Crippen molar-refractivity contribution < 1.29 is 23.5 Å². The summed E-state index contributed by atoms with van der Waals surface area (Å²) in [6.07, 6.45) is 0. The molecule has 2 aromatic carbocycles. The van der Waals surface area contributed by atoms with Gasteiger partial charge in [0.05, 0.1) is 12.7 Å². The summed E-state index contributed by atoms with van der Waals surface area (Å²) in [7, 11) is 1.40. The topological polar surface area (TPSA) is 59.1 Å². The highest BCUT2D eigenvalue weighted by atomic mass is 35.5. The number of piperazine rings is 1. The lowest BCUT2D eigenvalue weighted by atomic mass is 10.2. The van der Waals surface area contributed by atoms with Crippen molar-refractivity contribution in [3.05, 3.63) is 58.9 Å². The van der Waals surface area contributed by atoms with Crippen LogP contribution in [-0.4, -0.2) is 56.7 Å². The molecule has 1 fully saturated rings. The van der Waals surface area contributed by atoms with Crippen molar-refractivity contribution in [1.29, 1.82) is 0 Å². The lowest BCUT2D eigenvalue weighted by molar-refractivity contribution is -0.134. The Bertz CT molecular complexity index is 869. The first-order valence-corrected chi connectivity index (χ1v) is 9.14. The Morgan fingerprint density at radius 2 is 1.86 bits per heavy atom. The van der Waals surface area contributed by atoms with Gasteiger partial charge in [0.2, 0.25) is 0 Å². The number of carbonyl (C=O) groups excluding carboxylic acids is 2. The van der Waals surface area contributed by atoms with Crippen LogP contribution >= 0.6 is 11.6 Å². The molecule has 2 aromatic rings. The van der Waals surface area contributed by atoms with Gasteiger partial charge in [0.1, 0.15) is 11.6 Å². The van der Waals surface area contributed by atoms with Crippen LogP contribution in [0.5, 0.6) is 5.75 Å². The SMILES string of the molecule is COc1ccc(C(=O)OCC(=O)N2CCN(c3cccc(Cl)c3)CC2)c(F)c1. The van der Waals surface area contributed by atoms with Gasteiger partial charge < -0.3 is 19.3 Å². The maximum atomic E-state index is 13.9. The number of ether oxygens (including phenoxy) is 2. The van der Waals surface area contributed by atoms with Crippen molar-refractivity contribution in [2.75, 3.05) is 44.8 Å². The van der Waals surface area contributed by atoms with Crippen LogP contribution in [0.2, 0.25) is 5.02 Å². The first kappa shape index (κ1) is 19.9. The largest absolute Gasteiger partial charge is 0.497 e. The van der Waals surface area contributed by atoms with Gasteiger partial charge in [-0.25, -0.2) is 9.18 Å². The molecule has 0 aromatic heterocycles. The second-order valence-electron chi connectivity index (χ2n) is 6.27. The molecule has 148 valence electrons. The molecular formula is C20H20ClFN2O4. The number of halogens is 2. The average molecular weight is 407 g/mol. The fourth-order valence-corrected chi connectivity index (χ4v) is 3.16. The third kappa shape index (κ3) is 4.72. The van der Waals surface area contributed by atoms with E-state index in [1.807, 2.05) is 24.3 Å². The molecule has 1 amide bonds. The molecule has 0 saturated carbocycles. The van der Waals surface area contributed by atoms with Gasteiger partial charge >= 0.3 is 5.97 Å². The number of benzene rings is 2. The van der Waals surface area contributed by atoms with Crippen LogP contribution in [0.25, 0.3) is 0 Å². The van der Waals surface area contributed by atoms with Gasteiger partial charge in [-0.15, -0.1) is 0 Å². The van der Waals surface area contributed by atoms with Crippen molar-refractivity contribution in [3.8, 4) is 5.75 Å². The Balaban J connectivity index is 1.50. The smallest absolute Gasteiger partial charge is 0.341 e. The Morgan fingerprint density at radius 3 is 2.50 bits per heavy atom. The molecule has 0 bridgehead atoms. The second kappa shape index (κ2) is 8.93. The summed E-state index contributed by atoms with van der Waals surface area (Å²) in [5, 5.41) is 0.661. The molecular weight excluding hydrogens is 387 g/mol. The van der Waals surface area contributed by atoms with Crippen LogP contribution < -0.4 is 9.64 Å². The molecule has 28 heavy (non-hydrogen) atoms. The van der Waals surface area contributed by atoms with Crippen LogP contribution in [-0.2, 0) is 9.53 Å². The van der Waals surface area contributed by atoms with Gasteiger partial charge in [-0.2, -0.15) is 0 Å². The number of nitrogens with zero attached hydrogens (tertiary/aromatic N) is 2. The van der Waals surface area contributed by atoms with Crippen molar-refractivity contribution in [2.24, 2.45) is 0 Å². The van der Waals surface area contributed by atoms with E-state index in [4.69, 9.17) is 21.1 Å². The van der Waals surface area contributed by atoms with Gasteiger partial charge in [-0.3, -0.25) is 4.79 Å². The Morgan fingerprint density at radius 1 is 1.11 bits per heavy atom. The summed E-state index contributed by atoms with van der Waals surface area (Å²) in [5.41, 5.74) is 0.764. The van der Waals surface area contributed by atoms with Crippen LogP contribution in [0.1, 0.15) is 10.4 Å². The molecule has 0 radical (unpaired) electrons. The number of hydrogen-bond acceptors (Lipinski definition) is 5. The predicted molar refractivity (Wildman–Crippen MR) is 103 cm³/mol. The third-order valence-corrected chi connectivity index (χ3v) is 4.76. The fourth-order valence-electron chi connectivity index (χ4n) is 2.97. The second-order valence-corrected chi connectivity index (χ2v) is 6.71. The van der Waals surface area contributed by atoms with Crippen LogP contribution in [0.15, 0.2) is 42.5 Å². The van der Waals surface area contributed by atoms with E-state index in [0.29, 0.717) is 37.0 Å². The molecule has 1 heterocycles. The number of esters is 1. The van der Waals surface area contributed by atoms with Gasteiger partial charge in [-0.1, -0.05) is 17.7 Å². The Hall–Kier alpha value is -2.80. The molecule has 3 rings (SSSR count). The standard InChI is InChI=1S/C20H20ClFN2O4/c1-27-16-5-6-17(18(22)12-16)20(26)28-13-19(25)24-9-7-23(8-10-24)15-4-2-3-14(21)11-15/h2-6,11-12H,7-10,13H2,1H3. The van der Waals surface area contributed by atoms with Crippen molar-refractivity contribution in [3.63, 3.8) is 0 Å². The zero-order valence-electron chi connectivity index (χ0n) is 15.4. The van der Waals surface area contributed by atoms with E-state index in [2.05, 4.69) is 4.90 Å². The molecule has 1 saturated heterocycles. The molecule has 6 nitrogen and oxygen atoms in total. The van der Waals surface area contributed by atoms with Gasteiger partial charge in [0.15, 0.2) is 6.61 Å². The molecule has 0 aliphatic carbocycles. The summed E-state index contributed by atoms with van der Waals surface area (Å²) < 4.78 is 23.8. The molecule has 1 aliphatic heterocycles. The first-order valence-electron chi connectivity index (χ1n) is 8.77. The van der Waals surface area contributed by atoms with E-state index < -0.39 is 18.4 Å². The minimum absolute atomic E-state index is 0.237. The lowest BCUT2D eigenvalue weighted by Crippen LogP contribution is -2.49. The van der Waals surface area contributed by atoms with E-state index in [0.717, 1.165) is 11.8 Å². The summed E-state index contributed by atoms with van der Waals surface area (Å²) in [5.74, 6) is -1.66. The number of anilines is 1. The summed E-state index contributed by atoms with van der Waals surface area (Å²) in [4.78, 5) is 28.1. The third-order valence-electron chi connectivity index (χ3n) is 4.53. The minimum Gasteiger partial charge on any atom is -0.497 e. The number of amides is 1. The molecule has 1 aliphatic rings. The number of hydrogen-bond donors (Lipinski definition) is 0. The minimum atomic E-state index is -0.883. The molecule has 8 heteroatoms. The van der Waals surface area contributed by atoms with Crippen LogP contribution in [0.3, 0.4) is 0 Å². The van der Waals surface area contributed by atoms with E-state index in [1.165, 1.54) is 19.2 Å². The summed E-state index contributed by atoms with van der Waals surface area (Å²) in [6, 6.07) is 11.4. The fraction of sp³-hybridized carbons (Fsp3) is 0.300. The maximum absolute atomic E-state index is 13.9. The monoisotopic (exact) mass is 406 g/mol. The predicted octanol–water partition coefficient (Wildman–Crippen LogP) is 2.99. The molecule has 0 N–H and O–H groups in total. The zero-order chi connectivity index (χ0) is 20.1. The van der Waals surface area contributed by atoms with E-state index in [-0.39, 0.29) is 11.5 Å². The normalized spacial score (nSPS) is 14.0. The Labute approximate surface area is 167 Å². The van der Waals surface area contributed by atoms with Gasteiger partial charge in [0.25, 0.3) is 5.91 Å². The highest BCUT2D eigenvalue weighted by Gasteiger charge is 2.23. The number of rotatable bonds is 5. The number of carbonyl (C=O) groups is 2. The quantitative estimate of drug-likeness (QED) is 0.714. The van der Waals surface area contributed by atoms with Gasteiger partial charge in [-0.05, 0) is 30.3 Å². The first-order chi connectivity index (χ1) is 13.5.